The van der Waals surface area contributed by atoms with E-state index in [4.69, 9.17) is 0 Å². The largest absolute Gasteiger partial charge is 0.356 e. The van der Waals surface area contributed by atoms with Gasteiger partial charge in [0, 0.05) is 32.1 Å². The molecule has 0 amide bonds. The Hall–Kier alpha value is -0.600. The van der Waals surface area contributed by atoms with Gasteiger partial charge in [-0.3, -0.25) is 4.99 Å². The summed E-state index contributed by atoms with van der Waals surface area (Å²) in [5.41, 5.74) is 1.39. The van der Waals surface area contributed by atoms with Gasteiger partial charge in [0.1, 0.15) is 0 Å². The number of nitrogens with one attached hydrogen (secondary N) is 1. The van der Waals surface area contributed by atoms with E-state index in [0.29, 0.717) is 5.92 Å². The fourth-order valence-electron chi connectivity index (χ4n) is 2.14. The Morgan fingerprint density at radius 2 is 2.18 bits per heavy atom. The predicted octanol–water partition coefficient (Wildman–Crippen LogP) is 4.28. The lowest BCUT2D eigenvalue weighted by atomic mass is 10.1. The van der Waals surface area contributed by atoms with E-state index >= 15 is 0 Å². The Bertz CT molecular complexity index is 538. The first-order chi connectivity index (χ1) is 10.2. The molecular weight excluding hydrogens is 425 g/mol. The van der Waals surface area contributed by atoms with E-state index in [1.807, 2.05) is 18.4 Å². The Kier molecular flexibility index (Phi) is 9.04. The number of hydrogen-bond acceptors (Lipinski definition) is 3. The molecule has 0 aliphatic heterocycles. The van der Waals surface area contributed by atoms with Gasteiger partial charge in [0.05, 0.1) is 0 Å². The van der Waals surface area contributed by atoms with Crippen LogP contribution in [0.3, 0.4) is 0 Å². The zero-order valence-electron chi connectivity index (χ0n) is 13.3. The first-order valence-electron chi connectivity index (χ1n) is 7.17. The summed E-state index contributed by atoms with van der Waals surface area (Å²) in [5, 5.41) is 9.95. The van der Waals surface area contributed by atoms with Crippen LogP contribution in [0.5, 0.6) is 0 Å². The molecule has 0 aromatic carbocycles. The number of rotatable bonds is 6. The minimum atomic E-state index is 0. The first kappa shape index (κ1) is 19.4. The van der Waals surface area contributed by atoms with E-state index in [1.165, 1.54) is 10.4 Å². The number of aliphatic imine (C=N–C) groups is 1. The molecule has 0 spiro atoms. The number of halogens is 1. The summed E-state index contributed by atoms with van der Waals surface area (Å²) in [6, 6.07) is 6.49. The number of thiophene rings is 2. The zero-order valence-corrected chi connectivity index (χ0v) is 17.2. The van der Waals surface area contributed by atoms with Gasteiger partial charge in [0.15, 0.2) is 5.96 Å². The lowest BCUT2D eigenvalue weighted by molar-refractivity contribution is 0.483. The quantitative estimate of drug-likeness (QED) is 0.405. The van der Waals surface area contributed by atoms with Gasteiger partial charge >= 0.3 is 0 Å². The van der Waals surface area contributed by atoms with Crippen LogP contribution in [0.15, 0.2) is 39.3 Å². The van der Waals surface area contributed by atoms with Gasteiger partial charge in [-0.15, -0.1) is 35.3 Å². The van der Waals surface area contributed by atoms with Crippen LogP contribution in [-0.2, 0) is 6.42 Å². The molecule has 1 N–H and O–H groups in total. The maximum atomic E-state index is 4.38. The summed E-state index contributed by atoms with van der Waals surface area (Å²) < 4.78 is 0. The Balaban J connectivity index is 0.00000242. The second kappa shape index (κ2) is 10.2. The molecule has 3 nitrogen and oxygen atoms in total. The summed E-state index contributed by atoms with van der Waals surface area (Å²) in [7, 11) is 3.94. The minimum Gasteiger partial charge on any atom is -0.356 e. The molecule has 2 aromatic rings. The number of nitrogens with zero attached hydrogens (tertiary/aromatic N) is 2. The lowest BCUT2D eigenvalue weighted by Crippen LogP contribution is -2.41. The van der Waals surface area contributed by atoms with Crippen LogP contribution in [0.1, 0.15) is 23.3 Å². The van der Waals surface area contributed by atoms with Crippen molar-refractivity contribution >= 4 is 52.6 Å². The average Bonchev–Trinajstić information content (AvgIpc) is 3.18. The van der Waals surface area contributed by atoms with Crippen molar-refractivity contribution in [3.63, 3.8) is 0 Å². The van der Waals surface area contributed by atoms with Gasteiger partial charge in [0.25, 0.3) is 0 Å². The van der Waals surface area contributed by atoms with Crippen LogP contribution in [0.4, 0.5) is 0 Å². The van der Waals surface area contributed by atoms with E-state index in [9.17, 15) is 0 Å². The summed E-state index contributed by atoms with van der Waals surface area (Å²) in [6.45, 7) is 4.13. The van der Waals surface area contributed by atoms with Crippen LogP contribution < -0.4 is 5.32 Å². The van der Waals surface area contributed by atoms with Gasteiger partial charge in [-0.05, 0) is 46.2 Å². The fraction of sp³-hybridized carbons (Fsp3) is 0.438. The summed E-state index contributed by atoms with van der Waals surface area (Å²) in [6.07, 6.45) is 1.06. The topological polar surface area (TPSA) is 27.6 Å². The molecule has 0 radical (unpaired) electrons. The first-order valence-corrected chi connectivity index (χ1v) is 8.99. The predicted molar refractivity (Wildman–Crippen MR) is 110 cm³/mol. The summed E-state index contributed by atoms with van der Waals surface area (Å²) in [4.78, 5) is 7.99. The Labute approximate surface area is 158 Å². The molecular formula is C16H24IN3S2. The van der Waals surface area contributed by atoms with Gasteiger partial charge in [0.2, 0.25) is 0 Å². The van der Waals surface area contributed by atoms with Crippen molar-refractivity contribution in [1.82, 2.24) is 10.2 Å². The molecule has 0 saturated carbocycles. The van der Waals surface area contributed by atoms with Crippen molar-refractivity contribution in [2.24, 2.45) is 4.99 Å². The highest BCUT2D eigenvalue weighted by Gasteiger charge is 2.10. The number of hydrogen-bond donors (Lipinski definition) is 1. The molecule has 22 heavy (non-hydrogen) atoms. The molecule has 1 unspecified atom stereocenters. The summed E-state index contributed by atoms with van der Waals surface area (Å²) in [5.74, 6) is 1.47. The normalized spacial score (nSPS) is 12.6. The lowest BCUT2D eigenvalue weighted by Gasteiger charge is -2.23. The van der Waals surface area contributed by atoms with Crippen LogP contribution in [-0.4, -0.2) is 38.0 Å². The molecule has 0 aliphatic carbocycles. The fourth-order valence-corrected chi connectivity index (χ4v) is 3.62. The zero-order chi connectivity index (χ0) is 15.1. The molecule has 0 saturated heterocycles. The van der Waals surface area contributed by atoms with Crippen LogP contribution in [0, 0.1) is 0 Å². The molecule has 2 heterocycles. The van der Waals surface area contributed by atoms with Crippen molar-refractivity contribution in [2.75, 3.05) is 27.2 Å². The van der Waals surface area contributed by atoms with Gasteiger partial charge in [-0.25, -0.2) is 0 Å². The second-order valence-corrected chi connectivity index (χ2v) is 6.95. The van der Waals surface area contributed by atoms with Crippen molar-refractivity contribution in [3.8, 4) is 0 Å². The molecule has 0 aliphatic rings. The van der Waals surface area contributed by atoms with Crippen molar-refractivity contribution in [2.45, 2.75) is 19.3 Å². The third-order valence-corrected chi connectivity index (χ3v) is 5.16. The Morgan fingerprint density at radius 1 is 1.36 bits per heavy atom. The van der Waals surface area contributed by atoms with Crippen molar-refractivity contribution in [3.05, 3.63) is 44.8 Å². The SMILES string of the molecule is CN=C(NCC(C)c1ccsc1)N(C)CCc1cccs1.I. The minimum absolute atomic E-state index is 0. The molecule has 6 heteroatoms. The van der Waals surface area contributed by atoms with Crippen molar-refractivity contribution < 1.29 is 0 Å². The molecule has 2 aromatic heterocycles. The van der Waals surface area contributed by atoms with Gasteiger partial charge in [-0.2, -0.15) is 11.3 Å². The van der Waals surface area contributed by atoms with Crippen LogP contribution in [0.2, 0.25) is 0 Å². The maximum absolute atomic E-state index is 4.38. The maximum Gasteiger partial charge on any atom is 0.193 e. The van der Waals surface area contributed by atoms with E-state index in [1.54, 1.807) is 11.3 Å². The van der Waals surface area contributed by atoms with E-state index in [-0.39, 0.29) is 24.0 Å². The van der Waals surface area contributed by atoms with E-state index < -0.39 is 0 Å². The number of guanidine groups is 1. The molecule has 2 rings (SSSR count). The molecule has 0 bridgehead atoms. The van der Waals surface area contributed by atoms with Gasteiger partial charge in [-0.1, -0.05) is 13.0 Å². The standard InChI is InChI=1S/C16H23N3S2.HI/c1-13(14-7-10-20-12-14)11-18-16(17-2)19(3)8-6-15-5-4-9-21-15;/h4-5,7,9-10,12-13H,6,8,11H2,1-3H3,(H,17,18);1H. The Morgan fingerprint density at radius 3 is 2.77 bits per heavy atom. The van der Waals surface area contributed by atoms with E-state index in [0.717, 1.165) is 25.5 Å². The highest BCUT2D eigenvalue weighted by atomic mass is 127. The second-order valence-electron chi connectivity index (χ2n) is 5.14. The highest BCUT2D eigenvalue weighted by molar-refractivity contribution is 14.0. The van der Waals surface area contributed by atoms with Crippen LogP contribution >= 0.6 is 46.7 Å². The highest BCUT2D eigenvalue weighted by Crippen LogP contribution is 2.17. The summed E-state index contributed by atoms with van der Waals surface area (Å²) >= 11 is 3.57. The third-order valence-electron chi connectivity index (χ3n) is 3.53. The average molecular weight is 449 g/mol. The molecule has 122 valence electrons. The van der Waals surface area contributed by atoms with E-state index in [2.05, 4.69) is 63.5 Å². The smallest absolute Gasteiger partial charge is 0.193 e. The van der Waals surface area contributed by atoms with Crippen LogP contribution in [0.25, 0.3) is 0 Å². The van der Waals surface area contributed by atoms with Gasteiger partial charge < -0.3 is 10.2 Å². The molecule has 1 atom stereocenters. The third kappa shape index (κ3) is 5.89. The molecule has 0 fully saturated rings. The number of likely N-dealkylation sites (N-methyl/N-ethyl adjacent to an activating group) is 1. The monoisotopic (exact) mass is 449 g/mol. The van der Waals surface area contributed by atoms with Crippen molar-refractivity contribution in [1.29, 1.82) is 0 Å².